The minimum absolute atomic E-state index is 1.07. The summed E-state index contributed by atoms with van der Waals surface area (Å²) >= 11 is 1.76. The highest BCUT2D eigenvalue weighted by Crippen LogP contribution is 2.32. The molecule has 2 aromatic heterocycles. The Hall–Kier alpha value is -2.13. The van der Waals surface area contributed by atoms with Gasteiger partial charge in [-0.2, -0.15) is 0 Å². The SMILES string of the molecule is Cc1ccc2c(c1)sc1nc(-c3ccccc3)c(C)n12. The Balaban J connectivity index is 2.05. The third-order valence-electron chi connectivity index (χ3n) is 3.68. The molecular weight excluding hydrogens is 264 g/mol. The van der Waals surface area contributed by atoms with E-state index < -0.39 is 0 Å². The first-order valence-corrected chi connectivity index (χ1v) is 7.49. The van der Waals surface area contributed by atoms with Crippen LogP contribution in [0.1, 0.15) is 11.3 Å². The van der Waals surface area contributed by atoms with Crippen LogP contribution in [0.15, 0.2) is 48.5 Å². The molecule has 20 heavy (non-hydrogen) atoms. The Labute approximate surface area is 121 Å². The predicted molar refractivity (Wildman–Crippen MR) is 85.5 cm³/mol. The van der Waals surface area contributed by atoms with Crippen LogP contribution in [-0.4, -0.2) is 9.38 Å². The van der Waals surface area contributed by atoms with E-state index in [1.165, 1.54) is 27.0 Å². The first kappa shape index (κ1) is 11.7. The predicted octanol–water partition coefficient (Wildman–Crippen LogP) is 4.83. The second kappa shape index (κ2) is 4.18. The quantitative estimate of drug-likeness (QED) is 0.487. The molecule has 0 aliphatic carbocycles. The number of imidazole rings is 1. The number of aryl methyl sites for hydroxylation is 2. The summed E-state index contributed by atoms with van der Waals surface area (Å²) in [6.45, 7) is 4.28. The number of nitrogens with zero attached hydrogens (tertiary/aromatic N) is 2. The second-order valence-electron chi connectivity index (χ2n) is 5.10. The lowest BCUT2D eigenvalue weighted by atomic mass is 10.1. The molecule has 0 N–H and O–H groups in total. The third-order valence-corrected chi connectivity index (χ3v) is 4.68. The van der Waals surface area contributed by atoms with E-state index in [1.54, 1.807) is 11.3 Å². The molecule has 0 fully saturated rings. The molecule has 0 aliphatic rings. The van der Waals surface area contributed by atoms with E-state index in [4.69, 9.17) is 4.98 Å². The minimum atomic E-state index is 1.07. The number of benzene rings is 2. The summed E-state index contributed by atoms with van der Waals surface area (Å²) in [5, 5.41) is 0. The molecule has 0 amide bonds. The fraction of sp³-hybridized carbons (Fsp3) is 0.118. The van der Waals surface area contributed by atoms with Crippen molar-refractivity contribution < 1.29 is 0 Å². The molecule has 0 saturated heterocycles. The normalized spacial score (nSPS) is 11.5. The van der Waals surface area contributed by atoms with Crippen LogP contribution in [0.25, 0.3) is 26.4 Å². The van der Waals surface area contributed by atoms with E-state index in [1.807, 2.05) is 6.07 Å². The van der Waals surface area contributed by atoms with Gasteiger partial charge in [0.1, 0.15) is 0 Å². The molecule has 3 heteroatoms. The van der Waals surface area contributed by atoms with E-state index in [-0.39, 0.29) is 0 Å². The van der Waals surface area contributed by atoms with Crippen LogP contribution in [0.5, 0.6) is 0 Å². The molecule has 4 aromatic rings. The monoisotopic (exact) mass is 278 g/mol. The van der Waals surface area contributed by atoms with Crippen molar-refractivity contribution in [2.24, 2.45) is 0 Å². The van der Waals surface area contributed by atoms with Gasteiger partial charge in [0.2, 0.25) is 0 Å². The van der Waals surface area contributed by atoms with Gasteiger partial charge in [0.15, 0.2) is 4.96 Å². The van der Waals surface area contributed by atoms with E-state index in [2.05, 4.69) is 60.7 Å². The third kappa shape index (κ3) is 1.60. The van der Waals surface area contributed by atoms with Crippen LogP contribution in [0.2, 0.25) is 0 Å². The number of aromatic nitrogens is 2. The highest BCUT2D eigenvalue weighted by atomic mass is 32.1. The van der Waals surface area contributed by atoms with Crippen LogP contribution in [-0.2, 0) is 0 Å². The highest BCUT2D eigenvalue weighted by Gasteiger charge is 2.14. The van der Waals surface area contributed by atoms with E-state index in [0.717, 1.165) is 10.7 Å². The number of hydrogen-bond donors (Lipinski definition) is 0. The molecule has 0 radical (unpaired) electrons. The molecule has 2 aromatic carbocycles. The summed E-state index contributed by atoms with van der Waals surface area (Å²) in [6.07, 6.45) is 0. The van der Waals surface area contributed by atoms with Gasteiger partial charge in [0.05, 0.1) is 15.9 Å². The molecule has 98 valence electrons. The van der Waals surface area contributed by atoms with Crippen LogP contribution in [0.4, 0.5) is 0 Å². The Morgan fingerprint density at radius 1 is 1.00 bits per heavy atom. The summed E-state index contributed by atoms with van der Waals surface area (Å²) in [4.78, 5) is 5.90. The molecule has 0 unspecified atom stereocenters. The zero-order valence-corrected chi connectivity index (χ0v) is 12.2. The topological polar surface area (TPSA) is 17.3 Å². The Morgan fingerprint density at radius 2 is 1.80 bits per heavy atom. The Morgan fingerprint density at radius 3 is 2.60 bits per heavy atom. The van der Waals surface area contributed by atoms with E-state index >= 15 is 0 Å². The average Bonchev–Trinajstić information content (AvgIpc) is 2.96. The summed E-state index contributed by atoms with van der Waals surface area (Å²) in [6, 6.07) is 17.0. The second-order valence-corrected chi connectivity index (χ2v) is 6.11. The van der Waals surface area contributed by atoms with Crippen molar-refractivity contribution in [3.63, 3.8) is 0 Å². The van der Waals surface area contributed by atoms with Crippen molar-refractivity contribution >= 4 is 26.5 Å². The van der Waals surface area contributed by atoms with Gasteiger partial charge in [-0.25, -0.2) is 4.98 Å². The van der Waals surface area contributed by atoms with Gasteiger partial charge in [0, 0.05) is 11.3 Å². The van der Waals surface area contributed by atoms with Gasteiger partial charge in [-0.3, -0.25) is 4.40 Å². The lowest BCUT2D eigenvalue weighted by Gasteiger charge is -2.00. The molecule has 2 nitrogen and oxygen atoms in total. The number of hydrogen-bond acceptors (Lipinski definition) is 2. The van der Waals surface area contributed by atoms with Crippen molar-refractivity contribution in [2.45, 2.75) is 13.8 Å². The average molecular weight is 278 g/mol. The minimum Gasteiger partial charge on any atom is -0.287 e. The van der Waals surface area contributed by atoms with Gasteiger partial charge in [-0.05, 0) is 31.5 Å². The maximum absolute atomic E-state index is 4.83. The summed E-state index contributed by atoms with van der Waals surface area (Å²) in [5.41, 5.74) is 6.02. The molecule has 0 bridgehead atoms. The molecule has 0 atom stereocenters. The first-order valence-electron chi connectivity index (χ1n) is 6.67. The zero-order valence-electron chi connectivity index (χ0n) is 11.4. The van der Waals surface area contributed by atoms with Crippen molar-refractivity contribution in [3.05, 3.63) is 59.8 Å². The van der Waals surface area contributed by atoms with E-state index in [9.17, 15) is 0 Å². The van der Waals surface area contributed by atoms with Gasteiger partial charge in [-0.15, -0.1) is 0 Å². The fourth-order valence-corrected chi connectivity index (χ4v) is 3.85. The van der Waals surface area contributed by atoms with Gasteiger partial charge >= 0.3 is 0 Å². The standard InChI is InChI=1S/C17H14N2S/c1-11-8-9-14-15(10-11)20-17-18-16(12(2)19(14)17)13-6-4-3-5-7-13/h3-10H,1-2H3. The maximum Gasteiger partial charge on any atom is 0.195 e. The Kier molecular flexibility index (Phi) is 2.44. The first-order chi connectivity index (χ1) is 9.74. The van der Waals surface area contributed by atoms with Crippen molar-refractivity contribution in [2.75, 3.05) is 0 Å². The largest absolute Gasteiger partial charge is 0.287 e. The van der Waals surface area contributed by atoms with Crippen LogP contribution in [0, 0.1) is 13.8 Å². The lowest BCUT2D eigenvalue weighted by molar-refractivity contribution is 1.19. The number of fused-ring (bicyclic) bond motifs is 3. The van der Waals surface area contributed by atoms with Gasteiger partial charge in [0.25, 0.3) is 0 Å². The van der Waals surface area contributed by atoms with Crippen LogP contribution >= 0.6 is 11.3 Å². The summed E-state index contributed by atoms with van der Waals surface area (Å²) in [7, 11) is 0. The van der Waals surface area contributed by atoms with Gasteiger partial charge < -0.3 is 0 Å². The van der Waals surface area contributed by atoms with Gasteiger partial charge in [-0.1, -0.05) is 47.7 Å². The molecular formula is C17H14N2S. The van der Waals surface area contributed by atoms with E-state index in [0.29, 0.717) is 0 Å². The van der Waals surface area contributed by atoms with Crippen LogP contribution in [0.3, 0.4) is 0 Å². The highest BCUT2D eigenvalue weighted by molar-refractivity contribution is 7.23. The van der Waals surface area contributed by atoms with Crippen molar-refractivity contribution in [3.8, 4) is 11.3 Å². The number of rotatable bonds is 1. The van der Waals surface area contributed by atoms with Crippen LogP contribution < -0.4 is 0 Å². The molecule has 4 rings (SSSR count). The molecule has 2 heterocycles. The van der Waals surface area contributed by atoms with Crippen molar-refractivity contribution in [1.29, 1.82) is 0 Å². The molecule has 0 aliphatic heterocycles. The smallest absolute Gasteiger partial charge is 0.195 e. The Bertz CT molecular complexity index is 916. The fourth-order valence-electron chi connectivity index (χ4n) is 2.68. The molecule has 0 saturated carbocycles. The number of thiazole rings is 1. The summed E-state index contributed by atoms with van der Waals surface area (Å²) < 4.78 is 3.57. The zero-order chi connectivity index (χ0) is 13.7. The summed E-state index contributed by atoms with van der Waals surface area (Å²) in [5.74, 6) is 0. The lowest BCUT2D eigenvalue weighted by Crippen LogP contribution is -1.86. The van der Waals surface area contributed by atoms with Crippen molar-refractivity contribution in [1.82, 2.24) is 9.38 Å². The maximum atomic E-state index is 4.83. The molecule has 0 spiro atoms.